The Hall–Kier alpha value is -1.73. The molecule has 0 saturated carbocycles. The van der Waals surface area contributed by atoms with Crippen molar-refractivity contribution < 1.29 is 0 Å². The third-order valence-corrected chi connectivity index (χ3v) is 5.41. The first-order valence-corrected chi connectivity index (χ1v) is 8.46. The Balaban J connectivity index is 1.76. The molecule has 0 saturated heterocycles. The van der Waals surface area contributed by atoms with E-state index in [2.05, 4.69) is 60.8 Å². The van der Waals surface area contributed by atoms with E-state index in [0.29, 0.717) is 17.9 Å². The largest absolute Gasteiger partial charge is 0.376 e. The maximum Gasteiger partial charge on any atom is 0.0640 e. The van der Waals surface area contributed by atoms with Gasteiger partial charge < -0.3 is 5.32 Å². The molecule has 0 spiro atoms. The molecule has 2 aliphatic rings. The van der Waals surface area contributed by atoms with Crippen molar-refractivity contribution in [2.45, 2.75) is 31.7 Å². The zero-order chi connectivity index (χ0) is 15.1. The molecule has 112 valence electrons. The van der Waals surface area contributed by atoms with Crippen molar-refractivity contribution in [1.29, 1.82) is 0 Å². The molecule has 1 nitrogen and oxygen atoms in total. The van der Waals surface area contributed by atoms with Crippen LogP contribution >= 0.6 is 11.6 Å². The standard InChI is InChI=1S/C20H20ClN/c1-2-13-9-11-14(12-10-13)19-16-6-3-5-15(16)17-7-4-8-18(21)20(17)22-19/h3-5,7-12,15-16,19,22H,2,6H2,1H3/t15-,16+,19+/m1/s1. The summed E-state index contributed by atoms with van der Waals surface area (Å²) in [6.07, 6.45) is 6.89. The lowest BCUT2D eigenvalue weighted by atomic mass is 9.77. The van der Waals surface area contributed by atoms with Crippen molar-refractivity contribution in [3.8, 4) is 0 Å². The van der Waals surface area contributed by atoms with Crippen molar-refractivity contribution in [1.82, 2.24) is 0 Å². The average molecular weight is 310 g/mol. The predicted molar refractivity (Wildman–Crippen MR) is 93.6 cm³/mol. The Morgan fingerprint density at radius 3 is 2.73 bits per heavy atom. The lowest BCUT2D eigenvalue weighted by Crippen LogP contribution is -2.29. The Labute approximate surface area is 137 Å². The van der Waals surface area contributed by atoms with Gasteiger partial charge in [-0.15, -0.1) is 0 Å². The van der Waals surface area contributed by atoms with E-state index < -0.39 is 0 Å². The Morgan fingerprint density at radius 1 is 1.14 bits per heavy atom. The highest BCUT2D eigenvalue weighted by Gasteiger charge is 2.38. The van der Waals surface area contributed by atoms with E-state index >= 15 is 0 Å². The Bertz CT molecular complexity index is 717. The highest BCUT2D eigenvalue weighted by atomic mass is 35.5. The van der Waals surface area contributed by atoms with E-state index in [1.807, 2.05) is 6.07 Å². The van der Waals surface area contributed by atoms with E-state index in [1.165, 1.54) is 16.7 Å². The molecule has 0 amide bonds. The number of hydrogen-bond donors (Lipinski definition) is 1. The molecule has 1 N–H and O–H groups in total. The van der Waals surface area contributed by atoms with Crippen molar-refractivity contribution in [3.63, 3.8) is 0 Å². The number of anilines is 1. The van der Waals surface area contributed by atoms with E-state index in [4.69, 9.17) is 11.6 Å². The zero-order valence-corrected chi connectivity index (χ0v) is 13.5. The molecule has 2 heteroatoms. The van der Waals surface area contributed by atoms with Crippen LogP contribution in [0.5, 0.6) is 0 Å². The first-order chi connectivity index (χ1) is 10.8. The molecule has 1 aliphatic carbocycles. The zero-order valence-electron chi connectivity index (χ0n) is 12.7. The third kappa shape index (κ3) is 2.16. The minimum absolute atomic E-state index is 0.332. The number of nitrogens with one attached hydrogen (secondary N) is 1. The van der Waals surface area contributed by atoms with Gasteiger partial charge in [0.25, 0.3) is 0 Å². The molecule has 0 aromatic heterocycles. The fraction of sp³-hybridized carbons (Fsp3) is 0.300. The van der Waals surface area contributed by atoms with E-state index in [0.717, 1.165) is 23.6 Å². The van der Waals surface area contributed by atoms with Gasteiger partial charge in [0.05, 0.1) is 16.8 Å². The molecule has 2 aromatic rings. The van der Waals surface area contributed by atoms with Gasteiger partial charge in [-0.05, 0) is 41.5 Å². The van der Waals surface area contributed by atoms with Gasteiger partial charge in [0.2, 0.25) is 0 Å². The second-order valence-electron chi connectivity index (χ2n) is 6.27. The van der Waals surface area contributed by atoms with E-state index in [1.54, 1.807) is 0 Å². The summed E-state index contributed by atoms with van der Waals surface area (Å²) in [6, 6.07) is 15.6. The summed E-state index contributed by atoms with van der Waals surface area (Å²) in [5.41, 5.74) is 5.20. The quantitative estimate of drug-likeness (QED) is 0.699. The molecule has 1 aliphatic heterocycles. The Morgan fingerprint density at radius 2 is 1.95 bits per heavy atom. The fourth-order valence-electron chi connectivity index (χ4n) is 3.87. The van der Waals surface area contributed by atoms with Crippen molar-refractivity contribution in [3.05, 3.63) is 76.3 Å². The molecule has 3 atom stereocenters. The second kappa shape index (κ2) is 5.48. The van der Waals surface area contributed by atoms with Crippen LogP contribution in [0.4, 0.5) is 5.69 Å². The fourth-order valence-corrected chi connectivity index (χ4v) is 4.11. The van der Waals surface area contributed by atoms with Crippen molar-refractivity contribution in [2.24, 2.45) is 5.92 Å². The highest BCUT2D eigenvalue weighted by Crippen LogP contribution is 2.51. The minimum atomic E-state index is 0.332. The van der Waals surface area contributed by atoms with E-state index in [-0.39, 0.29) is 0 Å². The first kappa shape index (κ1) is 13.9. The molecular formula is C20H20ClN. The summed E-state index contributed by atoms with van der Waals surface area (Å²) in [7, 11) is 0. The number of fused-ring (bicyclic) bond motifs is 3. The molecular weight excluding hydrogens is 290 g/mol. The maximum atomic E-state index is 6.45. The van der Waals surface area contributed by atoms with Crippen LogP contribution in [0.15, 0.2) is 54.6 Å². The van der Waals surface area contributed by atoms with Gasteiger partial charge in [-0.25, -0.2) is 0 Å². The summed E-state index contributed by atoms with van der Waals surface area (Å²) in [4.78, 5) is 0. The van der Waals surface area contributed by atoms with E-state index in [9.17, 15) is 0 Å². The van der Waals surface area contributed by atoms with Gasteiger partial charge in [-0.1, -0.05) is 67.1 Å². The number of rotatable bonds is 2. The topological polar surface area (TPSA) is 12.0 Å². The van der Waals surface area contributed by atoms with Crippen LogP contribution in [0.25, 0.3) is 0 Å². The third-order valence-electron chi connectivity index (χ3n) is 5.09. The molecule has 0 radical (unpaired) electrons. The highest BCUT2D eigenvalue weighted by molar-refractivity contribution is 6.33. The molecule has 0 bridgehead atoms. The summed E-state index contributed by atoms with van der Waals surface area (Å²) >= 11 is 6.45. The summed E-state index contributed by atoms with van der Waals surface area (Å²) in [5, 5.41) is 4.54. The second-order valence-corrected chi connectivity index (χ2v) is 6.68. The van der Waals surface area contributed by atoms with Gasteiger partial charge in [0, 0.05) is 5.92 Å². The number of hydrogen-bond acceptors (Lipinski definition) is 1. The molecule has 4 rings (SSSR count). The van der Waals surface area contributed by atoms with Crippen LogP contribution in [0.3, 0.4) is 0 Å². The van der Waals surface area contributed by atoms with Crippen molar-refractivity contribution in [2.75, 3.05) is 5.32 Å². The number of allylic oxidation sites excluding steroid dienone is 2. The maximum absolute atomic E-state index is 6.45. The Kier molecular flexibility index (Phi) is 3.46. The van der Waals surface area contributed by atoms with Crippen LogP contribution < -0.4 is 5.32 Å². The van der Waals surface area contributed by atoms with Crippen LogP contribution in [0.2, 0.25) is 5.02 Å². The average Bonchev–Trinajstić information content (AvgIpc) is 3.05. The predicted octanol–water partition coefficient (Wildman–Crippen LogP) is 5.73. The minimum Gasteiger partial charge on any atom is -0.376 e. The van der Waals surface area contributed by atoms with Crippen LogP contribution in [-0.2, 0) is 6.42 Å². The number of halogens is 1. The van der Waals surface area contributed by atoms with Crippen LogP contribution in [0, 0.1) is 5.92 Å². The monoisotopic (exact) mass is 309 g/mol. The molecule has 0 fully saturated rings. The molecule has 22 heavy (non-hydrogen) atoms. The number of benzene rings is 2. The van der Waals surface area contributed by atoms with Gasteiger partial charge >= 0.3 is 0 Å². The van der Waals surface area contributed by atoms with Gasteiger partial charge in [-0.2, -0.15) is 0 Å². The first-order valence-electron chi connectivity index (χ1n) is 8.08. The van der Waals surface area contributed by atoms with Crippen LogP contribution in [0.1, 0.15) is 42.0 Å². The molecule has 1 heterocycles. The van der Waals surface area contributed by atoms with Crippen LogP contribution in [-0.4, -0.2) is 0 Å². The molecule has 0 unspecified atom stereocenters. The molecule has 2 aromatic carbocycles. The summed E-state index contributed by atoms with van der Waals surface area (Å²) < 4.78 is 0. The summed E-state index contributed by atoms with van der Waals surface area (Å²) in [5.74, 6) is 1.06. The van der Waals surface area contributed by atoms with Gasteiger partial charge in [0.1, 0.15) is 0 Å². The number of aryl methyl sites for hydroxylation is 1. The smallest absolute Gasteiger partial charge is 0.0640 e. The lowest BCUT2D eigenvalue weighted by molar-refractivity contribution is 0.425. The van der Waals surface area contributed by atoms with Gasteiger partial charge in [0.15, 0.2) is 0 Å². The number of para-hydroxylation sites is 1. The lowest BCUT2D eigenvalue weighted by Gasteiger charge is -2.38. The van der Waals surface area contributed by atoms with Gasteiger partial charge in [-0.3, -0.25) is 0 Å². The SMILES string of the molecule is CCc1ccc([C@@H]2Nc3c(Cl)cccc3[C@@H]3C=CC[C@@H]32)cc1. The normalized spacial score (nSPS) is 25.5. The van der Waals surface area contributed by atoms with Crippen molar-refractivity contribution >= 4 is 17.3 Å². The summed E-state index contributed by atoms with van der Waals surface area (Å²) in [6.45, 7) is 2.20.